The molecule has 1 saturated heterocycles. The highest BCUT2D eigenvalue weighted by Crippen LogP contribution is 2.26. The number of nitrogens with one attached hydrogen (secondary N) is 1. The Morgan fingerprint density at radius 1 is 1.35 bits per heavy atom. The van der Waals surface area contributed by atoms with Crippen LogP contribution in [0.3, 0.4) is 0 Å². The molecule has 7 heteroatoms. The molecular formula is C19H27N3O3S. The van der Waals surface area contributed by atoms with Crippen molar-refractivity contribution in [3.05, 3.63) is 35.6 Å². The number of aryl methyl sites for hydroxylation is 1. The number of rotatable bonds is 3. The maximum absolute atomic E-state index is 12.3. The van der Waals surface area contributed by atoms with Crippen LogP contribution in [0.2, 0.25) is 0 Å². The first kappa shape index (κ1) is 18.8. The monoisotopic (exact) mass is 377 g/mol. The van der Waals surface area contributed by atoms with E-state index in [4.69, 9.17) is 9.41 Å². The summed E-state index contributed by atoms with van der Waals surface area (Å²) < 4.78 is 29.7. The number of nitrogens with zero attached hydrogens (tertiary/aromatic N) is 2. The van der Waals surface area contributed by atoms with E-state index in [0.29, 0.717) is 19.6 Å². The fourth-order valence-corrected chi connectivity index (χ4v) is 4.64. The molecule has 1 aromatic heterocycles. The fourth-order valence-electron chi connectivity index (χ4n) is 3.27. The van der Waals surface area contributed by atoms with Crippen LogP contribution in [0.1, 0.15) is 32.1 Å². The van der Waals surface area contributed by atoms with Gasteiger partial charge in [0.15, 0.2) is 15.8 Å². The van der Waals surface area contributed by atoms with Gasteiger partial charge in [0.2, 0.25) is 0 Å². The zero-order valence-electron chi connectivity index (χ0n) is 15.9. The number of guanidine groups is 1. The smallest absolute Gasteiger partial charge is 0.194 e. The number of sulfone groups is 1. The number of hydrogen-bond donors (Lipinski definition) is 1. The lowest BCUT2D eigenvalue weighted by Crippen LogP contribution is -2.57. The molecule has 0 atom stereocenters. The Kier molecular flexibility index (Phi) is 5.01. The fraction of sp³-hybridized carbons (Fsp3) is 0.526. The van der Waals surface area contributed by atoms with Gasteiger partial charge in [0, 0.05) is 30.6 Å². The maximum Gasteiger partial charge on any atom is 0.194 e. The molecule has 0 radical (unpaired) electrons. The van der Waals surface area contributed by atoms with Gasteiger partial charge >= 0.3 is 0 Å². The first-order valence-electron chi connectivity index (χ1n) is 8.98. The number of furan rings is 1. The van der Waals surface area contributed by atoms with E-state index in [-0.39, 0.29) is 5.75 Å². The highest BCUT2D eigenvalue weighted by atomic mass is 32.2. The molecule has 0 saturated carbocycles. The van der Waals surface area contributed by atoms with Crippen molar-refractivity contribution in [2.75, 3.05) is 25.4 Å². The summed E-state index contributed by atoms with van der Waals surface area (Å²) >= 11 is 0. The zero-order valence-corrected chi connectivity index (χ0v) is 16.7. The third kappa shape index (κ3) is 3.45. The molecule has 6 nitrogen and oxygen atoms in total. The lowest BCUT2D eigenvalue weighted by Gasteiger charge is -2.39. The van der Waals surface area contributed by atoms with Crippen molar-refractivity contribution < 1.29 is 12.8 Å². The normalized spacial score (nSPS) is 19.7. The number of hydrogen-bond acceptors (Lipinski definition) is 4. The lowest BCUT2D eigenvalue weighted by molar-refractivity contribution is 0.352. The predicted molar refractivity (Wildman–Crippen MR) is 105 cm³/mol. The summed E-state index contributed by atoms with van der Waals surface area (Å²) in [7, 11) is -3.08. The van der Waals surface area contributed by atoms with E-state index in [1.165, 1.54) is 0 Å². The summed E-state index contributed by atoms with van der Waals surface area (Å²) in [5.74, 6) is 1.72. The van der Waals surface area contributed by atoms with Gasteiger partial charge in [-0.15, -0.1) is 0 Å². The van der Waals surface area contributed by atoms with Crippen molar-refractivity contribution in [2.45, 2.75) is 39.0 Å². The summed E-state index contributed by atoms with van der Waals surface area (Å²) in [6.07, 6.45) is 0. The van der Waals surface area contributed by atoms with Crippen LogP contribution in [-0.2, 0) is 16.4 Å². The Bertz CT molecular complexity index is 929. The van der Waals surface area contributed by atoms with Gasteiger partial charge in [0.25, 0.3) is 0 Å². The van der Waals surface area contributed by atoms with Crippen molar-refractivity contribution in [3.8, 4) is 0 Å². The Morgan fingerprint density at radius 2 is 2.08 bits per heavy atom. The molecule has 0 unspecified atom stereocenters. The summed E-state index contributed by atoms with van der Waals surface area (Å²) in [6, 6.07) is 7.96. The van der Waals surface area contributed by atoms with Gasteiger partial charge < -0.3 is 14.6 Å². The highest BCUT2D eigenvalue weighted by molar-refractivity contribution is 7.92. The highest BCUT2D eigenvalue weighted by Gasteiger charge is 2.40. The first-order chi connectivity index (χ1) is 12.2. The largest absolute Gasteiger partial charge is 0.459 e. The van der Waals surface area contributed by atoms with E-state index in [9.17, 15) is 8.42 Å². The number of fused-ring (bicyclic) bond motifs is 1. The van der Waals surface area contributed by atoms with Gasteiger partial charge in [-0.05, 0) is 33.8 Å². The van der Waals surface area contributed by atoms with Gasteiger partial charge in [-0.2, -0.15) is 0 Å². The van der Waals surface area contributed by atoms with Crippen LogP contribution in [0, 0.1) is 6.92 Å². The molecule has 3 rings (SSSR count). The predicted octanol–water partition coefficient (Wildman–Crippen LogP) is 2.72. The van der Waals surface area contributed by atoms with Crippen LogP contribution < -0.4 is 5.32 Å². The Balaban J connectivity index is 1.84. The van der Waals surface area contributed by atoms with Gasteiger partial charge in [-0.25, -0.2) is 13.4 Å². The topological polar surface area (TPSA) is 74.9 Å². The molecule has 2 heterocycles. The third-order valence-corrected chi connectivity index (χ3v) is 7.53. The van der Waals surface area contributed by atoms with E-state index in [0.717, 1.165) is 34.8 Å². The second-order valence-electron chi connectivity index (χ2n) is 7.32. The first-order valence-corrected chi connectivity index (χ1v) is 10.6. The molecule has 0 amide bonds. The molecule has 142 valence electrons. The lowest BCUT2D eigenvalue weighted by atomic mass is 10.1. The molecular weight excluding hydrogens is 350 g/mol. The molecule has 0 bridgehead atoms. The minimum atomic E-state index is -3.08. The summed E-state index contributed by atoms with van der Waals surface area (Å²) in [6.45, 7) is 9.64. The quantitative estimate of drug-likeness (QED) is 0.658. The van der Waals surface area contributed by atoms with E-state index in [2.05, 4.69) is 5.32 Å². The standard InChI is InChI=1S/C19H27N3O3S/c1-5-20-18(22-10-11-26(23,24)19(3,4)13-22)21-12-17-14(2)15-8-6-7-9-16(15)25-17/h6-9H,5,10-13H2,1-4H3,(H,20,21). The second-order valence-corrected chi connectivity index (χ2v) is 10.1. The minimum Gasteiger partial charge on any atom is -0.459 e. The summed E-state index contributed by atoms with van der Waals surface area (Å²) in [5, 5.41) is 4.38. The summed E-state index contributed by atoms with van der Waals surface area (Å²) in [5.41, 5.74) is 1.96. The van der Waals surface area contributed by atoms with Crippen LogP contribution in [0.4, 0.5) is 0 Å². The Morgan fingerprint density at radius 3 is 2.73 bits per heavy atom. The second kappa shape index (κ2) is 6.95. The molecule has 26 heavy (non-hydrogen) atoms. The van der Waals surface area contributed by atoms with Crippen molar-refractivity contribution in [1.29, 1.82) is 0 Å². The Hall–Kier alpha value is -2.02. The van der Waals surface area contributed by atoms with Crippen molar-refractivity contribution >= 4 is 26.8 Å². The van der Waals surface area contributed by atoms with Gasteiger partial charge in [0.05, 0.1) is 10.5 Å². The van der Waals surface area contributed by atoms with Crippen molar-refractivity contribution in [1.82, 2.24) is 10.2 Å². The molecule has 1 fully saturated rings. The van der Waals surface area contributed by atoms with Gasteiger partial charge in [0.1, 0.15) is 17.9 Å². The molecule has 0 spiro atoms. The van der Waals surface area contributed by atoms with Crippen LogP contribution in [0.5, 0.6) is 0 Å². The number of aliphatic imine (C=N–C) groups is 1. The molecule has 1 aliphatic heterocycles. The molecule has 2 aromatic rings. The minimum absolute atomic E-state index is 0.147. The molecule has 1 aliphatic rings. The van der Waals surface area contributed by atoms with E-state index in [1.54, 1.807) is 13.8 Å². The maximum atomic E-state index is 12.3. The van der Waals surface area contributed by atoms with E-state index >= 15 is 0 Å². The van der Waals surface area contributed by atoms with Gasteiger partial charge in [-0.1, -0.05) is 18.2 Å². The molecule has 1 N–H and O–H groups in total. The van der Waals surface area contributed by atoms with E-state index < -0.39 is 14.6 Å². The SMILES string of the molecule is CCNC(=NCc1oc2ccccc2c1C)N1CCS(=O)(=O)C(C)(C)C1. The van der Waals surface area contributed by atoms with Crippen molar-refractivity contribution in [3.63, 3.8) is 0 Å². The average molecular weight is 378 g/mol. The zero-order chi connectivity index (χ0) is 18.9. The van der Waals surface area contributed by atoms with Crippen LogP contribution in [0.25, 0.3) is 11.0 Å². The average Bonchev–Trinajstić information content (AvgIpc) is 2.91. The van der Waals surface area contributed by atoms with Gasteiger partial charge in [-0.3, -0.25) is 0 Å². The van der Waals surface area contributed by atoms with E-state index in [1.807, 2.05) is 43.0 Å². The molecule has 0 aliphatic carbocycles. The van der Waals surface area contributed by atoms with Crippen LogP contribution >= 0.6 is 0 Å². The third-order valence-electron chi connectivity index (χ3n) is 4.99. The van der Waals surface area contributed by atoms with Crippen LogP contribution in [-0.4, -0.2) is 49.4 Å². The number of benzene rings is 1. The van der Waals surface area contributed by atoms with Crippen LogP contribution in [0.15, 0.2) is 33.7 Å². The number of para-hydroxylation sites is 1. The molecule has 1 aromatic carbocycles. The van der Waals surface area contributed by atoms with Crippen molar-refractivity contribution in [2.24, 2.45) is 4.99 Å². The Labute approximate surface area is 155 Å². The summed E-state index contributed by atoms with van der Waals surface area (Å²) in [4.78, 5) is 6.75.